The number of benzene rings is 1. The van der Waals surface area contributed by atoms with Gasteiger partial charge >= 0.3 is 0 Å². The summed E-state index contributed by atoms with van der Waals surface area (Å²) in [7, 11) is 0. The molecule has 1 atom stereocenters. The largest absolute Gasteiger partial charge is 0.486 e. The zero-order chi connectivity index (χ0) is 25.1. The number of rotatable bonds is 7. The molecule has 7 nitrogen and oxygen atoms in total. The Kier molecular flexibility index (Phi) is 7.27. The zero-order valence-electron chi connectivity index (χ0n) is 20.2. The minimum atomic E-state index is -0.456. The standard InChI is InChI=1S/C27H27ClFN5O2/c1-17-13-30-15-23(28)26(17)18(2)36-21-5-6-25-22(12-21)27(33-32-25)24(29)11-19-3-4-20(31-14-19)16-34-7-9-35-10-8-34/h3-6,11-15,18H,7-10,16H2,1-2H3,(H,32,33)/b24-11+/t18-/m1/s1. The lowest BCUT2D eigenvalue weighted by Gasteiger charge is -2.26. The van der Waals surface area contributed by atoms with Crippen molar-refractivity contribution in [1.82, 2.24) is 25.1 Å². The first-order chi connectivity index (χ1) is 17.5. The molecule has 1 aromatic carbocycles. The number of nitrogens with zero attached hydrogens (tertiary/aromatic N) is 4. The van der Waals surface area contributed by atoms with Crippen LogP contribution in [0.25, 0.3) is 22.8 Å². The molecule has 4 heterocycles. The van der Waals surface area contributed by atoms with Gasteiger partial charge in [0, 0.05) is 49.2 Å². The van der Waals surface area contributed by atoms with Gasteiger partial charge in [-0.25, -0.2) is 4.39 Å². The number of hydrogen-bond donors (Lipinski definition) is 1. The second-order valence-electron chi connectivity index (χ2n) is 8.86. The molecule has 0 saturated carbocycles. The van der Waals surface area contributed by atoms with Crippen LogP contribution in [-0.2, 0) is 11.3 Å². The van der Waals surface area contributed by atoms with Gasteiger partial charge in [0.1, 0.15) is 17.5 Å². The van der Waals surface area contributed by atoms with E-state index < -0.39 is 5.83 Å². The van der Waals surface area contributed by atoms with Crippen LogP contribution in [-0.4, -0.2) is 51.4 Å². The summed E-state index contributed by atoms with van der Waals surface area (Å²) in [5.41, 5.74) is 4.36. The van der Waals surface area contributed by atoms with E-state index in [1.54, 1.807) is 24.7 Å². The number of aromatic nitrogens is 4. The second-order valence-corrected chi connectivity index (χ2v) is 9.26. The van der Waals surface area contributed by atoms with Crippen LogP contribution in [0.3, 0.4) is 0 Å². The van der Waals surface area contributed by atoms with E-state index in [1.807, 2.05) is 38.1 Å². The number of aryl methyl sites for hydroxylation is 1. The molecule has 3 aromatic heterocycles. The zero-order valence-corrected chi connectivity index (χ0v) is 20.9. The molecule has 186 valence electrons. The normalized spacial score (nSPS) is 15.8. The van der Waals surface area contributed by atoms with Crippen molar-refractivity contribution in [2.24, 2.45) is 0 Å². The minimum absolute atomic E-state index is 0.221. The Morgan fingerprint density at radius 3 is 2.81 bits per heavy atom. The number of morpholine rings is 1. The van der Waals surface area contributed by atoms with Crippen LogP contribution in [0, 0.1) is 6.92 Å². The molecule has 36 heavy (non-hydrogen) atoms. The number of H-pyrrole nitrogens is 1. The molecule has 0 aliphatic carbocycles. The first-order valence-electron chi connectivity index (χ1n) is 11.9. The topological polar surface area (TPSA) is 76.2 Å². The fourth-order valence-electron chi connectivity index (χ4n) is 4.39. The van der Waals surface area contributed by atoms with Crippen molar-refractivity contribution in [2.75, 3.05) is 26.3 Å². The maximum atomic E-state index is 15.3. The first-order valence-corrected chi connectivity index (χ1v) is 12.2. The fourth-order valence-corrected chi connectivity index (χ4v) is 4.75. The highest BCUT2D eigenvalue weighted by molar-refractivity contribution is 6.31. The van der Waals surface area contributed by atoms with Crippen molar-refractivity contribution in [3.63, 3.8) is 0 Å². The van der Waals surface area contributed by atoms with Gasteiger partial charge in [0.15, 0.2) is 5.83 Å². The van der Waals surface area contributed by atoms with E-state index in [1.165, 1.54) is 6.08 Å². The average Bonchev–Trinajstić information content (AvgIpc) is 3.29. The van der Waals surface area contributed by atoms with Crippen LogP contribution in [0.2, 0.25) is 5.02 Å². The number of aromatic amines is 1. The molecule has 5 rings (SSSR count). The summed E-state index contributed by atoms with van der Waals surface area (Å²) in [5, 5.41) is 8.27. The Morgan fingerprint density at radius 2 is 2.06 bits per heavy atom. The summed E-state index contributed by atoms with van der Waals surface area (Å²) in [6.45, 7) is 7.89. The van der Waals surface area contributed by atoms with Crippen LogP contribution in [0.4, 0.5) is 4.39 Å². The number of pyridine rings is 2. The van der Waals surface area contributed by atoms with E-state index in [0.717, 1.165) is 49.7 Å². The molecule has 0 bridgehead atoms. The molecule has 0 unspecified atom stereocenters. The Bertz CT molecular complexity index is 1360. The van der Waals surface area contributed by atoms with Crippen molar-refractivity contribution >= 4 is 34.4 Å². The molecule has 4 aromatic rings. The van der Waals surface area contributed by atoms with E-state index >= 15 is 4.39 Å². The maximum absolute atomic E-state index is 15.3. The molecular weight excluding hydrogens is 481 g/mol. The second kappa shape index (κ2) is 10.7. The highest BCUT2D eigenvalue weighted by Crippen LogP contribution is 2.33. The molecule has 0 amide bonds. The predicted octanol–water partition coefficient (Wildman–Crippen LogP) is 5.75. The number of fused-ring (bicyclic) bond motifs is 1. The number of ether oxygens (including phenoxy) is 2. The van der Waals surface area contributed by atoms with Crippen LogP contribution >= 0.6 is 11.6 Å². The van der Waals surface area contributed by atoms with E-state index in [-0.39, 0.29) is 11.8 Å². The van der Waals surface area contributed by atoms with Crippen LogP contribution in [0.1, 0.15) is 41.1 Å². The summed E-state index contributed by atoms with van der Waals surface area (Å²) < 4.78 is 26.8. The predicted molar refractivity (Wildman–Crippen MR) is 138 cm³/mol. The van der Waals surface area contributed by atoms with E-state index in [0.29, 0.717) is 27.2 Å². The smallest absolute Gasteiger partial charge is 0.151 e. The first kappa shape index (κ1) is 24.4. The van der Waals surface area contributed by atoms with Gasteiger partial charge in [0.2, 0.25) is 0 Å². The summed E-state index contributed by atoms with van der Waals surface area (Å²) in [6, 6.07) is 9.23. The lowest BCUT2D eigenvalue weighted by molar-refractivity contribution is 0.0336. The monoisotopic (exact) mass is 507 g/mol. The Balaban J connectivity index is 1.34. The number of nitrogens with one attached hydrogen (secondary N) is 1. The van der Waals surface area contributed by atoms with Gasteiger partial charge in [-0.15, -0.1) is 0 Å². The highest BCUT2D eigenvalue weighted by atomic mass is 35.5. The highest BCUT2D eigenvalue weighted by Gasteiger charge is 2.17. The third kappa shape index (κ3) is 5.41. The van der Waals surface area contributed by atoms with Gasteiger partial charge in [0.25, 0.3) is 0 Å². The summed E-state index contributed by atoms with van der Waals surface area (Å²) >= 11 is 6.34. The molecule has 1 N–H and O–H groups in total. The van der Waals surface area contributed by atoms with Crippen molar-refractivity contribution in [1.29, 1.82) is 0 Å². The van der Waals surface area contributed by atoms with Crippen molar-refractivity contribution in [3.05, 3.63) is 82.0 Å². The average molecular weight is 508 g/mol. The lowest BCUT2D eigenvalue weighted by atomic mass is 10.1. The molecule has 1 fully saturated rings. The van der Waals surface area contributed by atoms with Gasteiger partial charge in [-0.2, -0.15) is 5.10 Å². The van der Waals surface area contributed by atoms with Gasteiger partial charge in [0.05, 0.1) is 29.4 Å². The van der Waals surface area contributed by atoms with Crippen molar-refractivity contribution < 1.29 is 13.9 Å². The van der Waals surface area contributed by atoms with Crippen LogP contribution in [0.5, 0.6) is 5.75 Å². The lowest BCUT2D eigenvalue weighted by Crippen LogP contribution is -2.35. The summed E-state index contributed by atoms with van der Waals surface area (Å²) in [6.07, 6.45) is 6.17. The van der Waals surface area contributed by atoms with Crippen molar-refractivity contribution in [3.8, 4) is 5.75 Å². The molecule has 1 aliphatic rings. The SMILES string of the molecule is Cc1cncc(Cl)c1[C@@H](C)Oc1ccc2[nH]nc(/C(F)=C\c3ccc(CN4CCOCC4)nc3)c2c1. The van der Waals surface area contributed by atoms with Crippen LogP contribution in [0.15, 0.2) is 48.9 Å². The molecule has 1 saturated heterocycles. The van der Waals surface area contributed by atoms with Crippen molar-refractivity contribution in [2.45, 2.75) is 26.5 Å². The quantitative estimate of drug-likeness (QED) is 0.343. The van der Waals surface area contributed by atoms with Gasteiger partial charge < -0.3 is 9.47 Å². The molecular formula is C27H27ClFN5O2. The fraction of sp³-hybridized carbons (Fsp3) is 0.296. The summed E-state index contributed by atoms with van der Waals surface area (Å²) in [5.74, 6) is 0.133. The van der Waals surface area contributed by atoms with E-state index in [4.69, 9.17) is 21.1 Å². The van der Waals surface area contributed by atoms with Crippen LogP contribution < -0.4 is 4.74 Å². The minimum Gasteiger partial charge on any atom is -0.486 e. The number of hydrogen-bond acceptors (Lipinski definition) is 6. The molecule has 1 aliphatic heterocycles. The molecule has 0 radical (unpaired) electrons. The third-order valence-corrected chi connectivity index (χ3v) is 6.55. The maximum Gasteiger partial charge on any atom is 0.151 e. The molecule has 0 spiro atoms. The Hall–Kier alpha value is -3.33. The third-order valence-electron chi connectivity index (χ3n) is 6.25. The molecule has 9 heteroatoms. The van der Waals surface area contributed by atoms with Gasteiger partial charge in [-0.3, -0.25) is 20.0 Å². The Labute approximate surface area is 213 Å². The van der Waals surface area contributed by atoms with Gasteiger partial charge in [-0.05, 0) is 55.3 Å². The number of halogens is 2. The Morgan fingerprint density at radius 1 is 1.22 bits per heavy atom. The van der Waals surface area contributed by atoms with Gasteiger partial charge in [-0.1, -0.05) is 17.7 Å². The van der Waals surface area contributed by atoms with E-state index in [9.17, 15) is 0 Å². The summed E-state index contributed by atoms with van der Waals surface area (Å²) in [4.78, 5) is 10.9. The van der Waals surface area contributed by atoms with E-state index in [2.05, 4.69) is 25.1 Å².